The lowest BCUT2D eigenvalue weighted by Gasteiger charge is -2.45. The number of rotatable bonds is 6. The highest BCUT2D eigenvalue weighted by Gasteiger charge is 2.51. The molecule has 2 aromatic carbocycles. The number of phenols is 1. The van der Waals surface area contributed by atoms with Crippen LogP contribution in [0.1, 0.15) is 31.8 Å². The van der Waals surface area contributed by atoms with E-state index in [1.807, 2.05) is 0 Å². The molecule has 14 nitrogen and oxygen atoms in total. The number of carbonyl (C=O) groups is 2. The fourth-order valence-electron chi connectivity index (χ4n) is 5.07. The highest BCUT2D eigenvalue weighted by Crippen LogP contribution is 2.38. The van der Waals surface area contributed by atoms with Gasteiger partial charge in [0.1, 0.15) is 60.3 Å². The minimum Gasteiger partial charge on any atom is -0.507 e. The second-order valence-electron chi connectivity index (χ2n) is 9.66. The Morgan fingerprint density at radius 2 is 1.27 bits per heavy atom. The standard InChI is InChI=1S/C26H28O14/c27-7-13-18(31)20(33)22(35)26(38-13)40-24-14(8-28)39-25(23(36)21(24)34)37-12-6-2-4-10-16(12)19(32)15-9(17(10)30)3-1-5-11(15)29/h1-6,13-14,18,20-29,31,33-36H,7-8H2/t13-,14-,18+,20+,21-,22+,23+,24+,25-,26+/m0/s1. The maximum absolute atomic E-state index is 13.3. The van der Waals surface area contributed by atoms with Gasteiger partial charge in [-0.05, 0) is 12.1 Å². The quantitative estimate of drug-likeness (QED) is 0.151. The smallest absolute Gasteiger partial charge is 0.229 e. The topological polar surface area (TPSA) is 233 Å². The first-order valence-corrected chi connectivity index (χ1v) is 12.4. The van der Waals surface area contributed by atoms with Crippen LogP contribution < -0.4 is 4.74 Å². The lowest BCUT2D eigenvalue weighted by atomic mass is 9.83. The second kappa shape index (κ2) is 11.1. The van der Waals surface area contributed by atoms with Crippen LogP contribution in [-0.2, 0) is 14.2 Å². The number of fused-ring (bicyclic) bond motifs is 2. The van der Waals surface area contributed by atoms with E-state index in [1.54, 1.807) is 0 Å². The van der Waals surface area contributed by atoms with Crippen LogP contribution in [0.5, 0.6) is 11.5 Å². The predicted molar refractivity (Wildman–Crippen MR) is 128 cm³/mol. The van der Waals surface area contributed by atoms with Gasteiger partial charge in [0.2, 0.25) is 12.1 Å². The highest BCUT2D eigenvalue weighted by molar-refractivity contribution is 6.30. The molecule has 0 aromatic heterocycles. The molecular weight excluding hydrogens is 536 g/mol. The zero-order chi connectivity index (χ0) is 28.9. The van der Waals surface area contributed by atoms with E-state index < -0.39 is 91.9 Å². The van der Waals surface area contributed by atoms with E-state index in [2.05, 4.69) is 0 Å². The number of hydrogen-bond acceptors (Lipinski definition) is 14. The Morgan fingerprint density at radius 1 is 0.675 bits per heavy atom. The molecule has 2 fully saturated rings. The average molecular weight is 564 g/mol. The molecule has 2 saturated heterocycles. The summed E-state index contributed by atoms with van der Waals surface area (Å²) in [5.74, 6) is -1.87. The summed E-state index contributed by atoms with van der Waals surface area (Å²) in [6.07, 6.45) is -16.6. The number of benzene rings is 2. The molecule has 14 heteroatoms. The van der Waals surface area contributed by atoms with Crippen molar-refractivity contribution < 1.29 is 69.4 Å². The summed E-state index contributed by atoms with van der Waals surface area (Å²) in [4.78, 5) is 26.4. The third-order valence-electron chi connectivity index (χ3n) is 7.22. The number of carbonyl (C=O) groups excluding carboxylic acids is 2. The van der Waals surface area contributed by atoms with Gasteiger partial charge in [0.15, 0.2) is 12.1 Å². The SMILES string of the molecule is O=C1c2cccc(O)c2C(=O)c2c(O[C@H]3O[C@@H](CO)[C@@H](O[C@H]4O[C@@H](CO)[C@@H](O)[C@@H](O)[C@H]4O)[C@@H](O)[C@H]3O)cccc21. The maximum Gasteiger partial charge on any atom is 0.229 e. The van der Waals surface area contributed by atoms with Gasteiger partial charge in [0.25, 0.3) is 0 Å². The lowest BCUT2D eigenvalue weighted by Crippen LogP contribution is -2.65. The molecule has 2 heterocycles. The first kappa shape index (κ1) is 28.5. The Hall–Kier alpha value is -3.02. The van der Waals surface area contributed by atoms with Crippen LogP contribution in [0.3, 0.4) is 0 Å². The van der Waals surface area contributed by atoms with E-state index in [0.717, 1.165) is 0 Å². The van der Waals surface area contributed by atoms with Crippen molar-refractivity contribution in [2.75, 3.05) is 13.2 Å². The van der Waals surface area contributed by atoms with Crippen molar-refractivity contribution in [1.82, 2.24) is 0 Å². The molecule has 0 saturated carbocycles. The van der Waals surface area contributed by atoms with Crippen molar-refractivity contribution in [3.05, 3.63) is 58.7 Å². The number of ether oxygens (including phenoxy) is 4. The van der Waals surface area contributed by atoms with Crippen LogP contribution in [0.15, 0.2) is 36.4 Å². The van der Waals surface area contributed by atoms with Crippen molar-refractivity contribution >= 4 is 11.6 Å². The fraction of sp³-hybridized carbons (Fsp3) is 0.462. The first-order chi connectivity index (χ1) is 19.1. The number of aliphatic hydroxyl groups is 7. The molecule has 40 heavy (non-hydrogen) atoms. The zero-order valence-corrected chi connectivity index (χ0v) is 20.7. The van der Waals surface area contributed by atoms with E-state index in [4.69, 9.17) is 18.9 Å². The zero-order valence-electron chi connectivity index (χ0n) is 20.7. The van der Waals surface area contributed by atoms with Gasteiger partial charge >= 0.3 is 0 Å². The molecule has 0 spiro atoms. The number of aromatic hydroxyl groups is 1. The second-order valence-corrected chi connectivity index (χ2v) is 9.66. The van der Waals surface area contributed by atoms with Crippen LogP contribution >= 0.6 is 0 Å². The van der Waals surface area contributed by atoms with E-state index >= 15 is 0 Å². The van der Waals surface area contributed by atoms with E-state index in [9.17, 15) is 50.4 Å². The number of aliphatic hydroxyl groups excluding tert-OH is 7. The highest BCUT2D eigenvalue weighted by atomic mass is 16.7. The molecule has 2 aromatic rings. The van der Waals surface area contributed by atoms with Crippen LogP contribution in [0, 0.1) is 0 Å². The largest absolute Gasteiger partial charge is 0.507 e. The fourth-order valence-corrected chi connectivity index (χ4v) is 5.07. The van der Waals surface area contributed by atoms with Crippen molar-refractivity contribution in [1.29, 1.82) is 0 Å². The normalized spacial score (nSPS) is 35.7. The van der Waals surface area contributed by atoms with Gasteiger partial charge in [0, 0.05) is 11.1 Å². The Morgan fingerprint density at radius 3 is 1.95 bits per heavy atom. The number of hydrogen-bond donors (Lipinski definition) is 8. The lowest BCUT2D eigenvalue weighted by molar-refractivity contribution is -0.352. The van der Waals surface area contributed by atoms with Crippen molar-refractivity contribution in [2.24, 2.45) is 0 Å². The summed E-state index contributed by atoms with van der Waals surface area (Å²) in [5.41, 5.74) is -0.434. The minimum absolute atomic E-state index is 0.00699. The van der Waals surface area contributed by atoms with Crippen LogP contribution in [0.4, 0.5) is 0 Å². The van der Waals surface area contributed by atoms with Gasteiger partial charge in [-0.3, -0.25) is 9.59 Å². The van der Waals surface area contributed by atoms with Crippen molar-refractivity contribution in [3.63, 3.8) is 0 Å². The van der Waals surface area contributed by atoms with Crippen LogP contribution in [0.25, 0.3) is 0 Å². The molecule has 1 aliphatic carbocycles. The third-order valence-corrected chi connectivity index (χ3v) is 7.22. The summed E-state index contributed by atoms with van der Waals surface area (Å²) >= 11 is 0. The molecule has 0 unspecified atom stereocenters. The summed E-state index contributed by atoms with van der Waals surface area (Å²) in [6.45, 7) is -1.53. The average Bonchev–Trinajstić information content (AvgIpc) is 2.95. The Bertz CT molecular complexity index is 1280. The van der Waals surface area contributed by atoms with Gasteiger partial charge in [-0.2, -0.15) is 0 Å². The molecular formula is C26H28O14. The summed E-state index contributed by atoms with van der Waals surface area (Å²) in [6, 6.07) is 8.22. The van der Waals surface area contributed by atoms with Gasteiger partial charge in [0.05, 0.1) is 24.3 Å². The van der Waals surface area contributed by atoms with Gasteiger partial charge < -0.3 is 59.8 Å². The number of ketones is 2. The van der Waals surface area contributed by atoms with Crippen molar-refractivity contribution in [3.8, 4) is 11.5 Å². The molecule has 2 aliphatic heterocycles. The molecule has 5 rings (SSSR count). The van der Waals surface area contributed by atoms with Crippen LogP contribution in [-0.4, -0.2) is 127 Å². The van der Waals surface area contributed by atoms with Gasteiger partial charge in [-0.25, -0.2) is 0 Å². The Labute approximate surface area is 226 Å². The van der Waals surface area contributed by atoms with E-state index in [1.165, 1.54) is 36.4 Å². The predicted octanol–water partition coefficient (Wildman–Crippen LogP) is -2.83. The van der Waals surface area contributed by atoms with Gasteiger partial charge in [-0.1, -0.05) is 24.3 Å². The van der Waals surface area contributed by atoms with E-state index in [-0.39, 0.29) is 28.0 Å². The van der Waals surface area contributed by atoms with Crippen molar-refractivity contribution in [2.45, 2.75) is 61.4 Å². The molecule has 10 atom stereocenters. The molecule has 0 amide bonds. The summed E-state index contributed by atoms with van der Waals surface area (Å²) in [7, 11) is 0. The molecule has 216 valence electrons. The minimum atomic E-state index is -1.87. The Balaban J connectivity index is 1.38. The Kier molecular flexibility index (Phi) is 7.91. The van der Waals surface area contributed by atoms with Gasteiger partial charge in [-0.15, -0.1) is 0 Å². The maximum atomic E-state index is 13.3. The summed E-state index contributed by atoms with van der Waals surface area (Å²) in [5, 5.41) is 81.4. The van der Waals surface area contributed by atoms with E-state index in [0.29, 0.717) is 0 Å². The summed E-state index contributed by atoms with van der Waals surface area (Å²) < 4.78 is 22.1. The first-order valence-electron chi connectivity index (χ1n) is 12.4. The van der Waals surface area contributed by atoms with Crippen LogP contribution in [0.2, 0.25) is 0 Å². The number of phenolic OH excluding ortho intramolecular Hbond substituents is 1. The molecule has 0 radical (unpaired) electrons. The molecule has 0 bridgehead atoms. The molecule has 8 N–H and O–H groups in total. The third kappa shape index (κ3) is 4.67. The molecule has 3 aliphatic rings. The monoisotopic (exact) mass is 564 g/mol.